The number of hydrogen-bond donors (Lipinski definition) is 1. The third kappa shape index (κ3) is 3.88. The van der Waals surface area contributed by atoms with Crippen molar-refractivity contribution in [3.05, 3.63) is 11.5 Å². The molecule has 1 N–H and O–H groups in total. The average Bonchev–Trinajstić information content (AvgIpc) is 1.82. The largest absolute Gasteiger partial charge is 0.509 e. The van der Waals surface area contributed by atoms with Crippen LogP contribution in [0.15, 0.2) is 11.5 Å². The van der Waals surface area contributed by atoms with E-state index >= 15 is 0 Å². The molecule has 0 amide bonds. The van der Waals surface area contributed by atoms with Gasteiger partial charge >= 0.3 is 0 Å². The Morgan fingerprint density at radius 3 is 2.33 bits per heavy atom. The highest BCUT2D eigenvalue weighted by Gasteiger charge is 1.91. The van der Waals surface area contributed by atoms with E-state index in [9.17, 15) is 0 Å². The fraction of sp³-hybridized carbons (Fsp3) is 0.714. The van der Waals surface area contributed by atoms with Crippen molar-refractivity contribution >= 4 is 0 Å². The van der Waals surface area contributed by atoms with E-state index in [1.807, 2.05) is 6.92 Å². The van der Waals surface area contributed by atoms with E-state index in [2.05, 4.69) is 0 Å². The van der Waals surface area contributed by atoms with Crippen LogP contribution in [0.25, 0.3) is 0 Å². The Bertz CT molecular complexity index is 101. The number of aliphatic hydroxyl groups excluding tert-OH is 1. The van der Waals surface area contributed by atoms with Gasteiger partial charge in [-0.1, -0.05) is 6.92 Å². The molecule has 0 aliphatic carbocycles. The van der Waals surface area contributed by atoms with Gasteiger partial charge in [-0.15, -0.1) is 0 Å². The number of rotatable bonds is 3. The number of ether oxygens (including phenoxy) is 1. The minimum atomic E-state index is 0.267. The summed E-state index contributed by atoms with van der Waals surface area (Å²) in [5.41, 5.74) is 0. The summed E-state index contributed by atoms with van der Waals surface area (Å²) in [4.78, 5) is 0. The molecule has 2 heteroatoms. The zero-order valence-electron chi connectivity index (χ0n) is 6.27. The van der Waals surface area contributed by atoms with Gasteiger partial charge in [-0.3, -0.25) is 0 Å². The molecule has 0 saturated heterocycles. The highest BCUT2D eigenvalue weighted by Crippen LogP contribution is 2.00. The lowest BCUT2D eigenvalue weighted by atomic mass is 10.4. The van der Waals surface area contributed by atoms with Gasteiger partial charge < -0.3 is 9.84 Å². The summed E-state index contributed by atoms with van der Waals surface area (Å²) in [6.07, 6.45) is 0.977. The first kappa shape index (κ1) is 8.34. The second-order valence-electron chi connectivity index (χ2n) is 1.99. The van der Waals surface area contributed by atoms with Gasteiger partial charge in [0.15, 0.2) is 0 Å². The van der Waals surface area contributed by atoms with E-state index in [-0.39, 0.29) is 5.76 Å². The lowest BCUT2D eigenvalue weighted by molar-refractivity contribution is 0.193. The van der Waals surface area contributed by atoms with Crippen LogP contribution in [-0.4, -0.2) is 11.7 Å². The maximum atomic E-state index is 8.80. The van der Waals surface area contributed by atoms with Gasteiger partial charge in [0, 0.05) is 0 Å². The highest BCUT2D eigenvalue weighted by atomic mass is 16.5. The maximum absolute atomic E-state index is 8.80. The van der Waals surface area contributed by atoms with Gasteiger partial charge in [-0.25, -0.2) is 0 Å². The molecule has 0 fully saturated rings. The van der Waals surface area contributed by atoms with Crippen molar-refractivity contribution in [1.29, 1.82) is 0 Å². The molecule has 0 spiro atoms. The first-order valence-electron chi connectivity index (χ1n) is 3.17. The zero-order chi connectivity index (χ0) is 7.28. The molecule has 0 saturated carbocycles. The Labute approximate surface area is 56.1 Å². The Morgan fingerprint density at radius 1 is 1.44 bits per heavy atom. The Balaban J connectivity index is 3.50. The van der Waals surface area contributed by atoms with E-state index in [1.54, 1.807) is 13.8 Å². The van der Waals surface area contributed by atoms with Gasteiger partial charge in [0.1, 0.15) is 11.5 Å². The van der Waals surface area contributed by atoms with Crippen LogP contribution in [-0.2, 0) is 4.74 Å². The third-order valence-corrected chi connectivity index (χ3v) is 1.03. The molecule has 0 aliphatic heterocycles. The lowest BCUT2D eigenvalue weighted by Crippen LogP contribution is -1.92. The fourth-order valence-electron chi connectivity index (χ4n) is 0.360. The summed E-state index contributed by atoms with van der Waals surface area (Å²) in [7, 11) is 0. The van der Waals surface area contributed by atoms with E-state index in [0.717, 1.165) is 6.42 Å². The second-order valence-corrected chi connectivity index (χ2v) is 1.99. The number of aliphatic hydroxyl groups is 1. The van der Waals surface area contributed by atoms with Crippen molar-refractivity contribution in [1.82, 2.24) is 0 Å². The van der Waals surface area contributed by atoms with Crippen LogP contribution < -0.4 is 0 Å². The van der Waals surface area contributed by atoms with Crippen LogP contribution in [0.5, 0.6) is 0 Å². The molecule has 0 aromatic carbocycles. The molecule has 0 rings (SSSR count). The van der Waals surface area contributed by atoms with Crippen molar-refractivity contribution in [2.75, 3.05) is 6.61 Å². The van der Waals surface area contributed by atoms with E-state index in [1.165, 1.54) is 0 Å². The summed E-state index contributed by atoms with van der Waals surface area (Å²) >= 11 is 0. The summed E-state index contributed by atoms with van der Waals surface area (Å²) in [6.45, 7) is 6.08. The molecule has 0 bridgehead atoms. The highest BCUT2D eigenvalue weighted by molar-refractivity contribution is 4.92. The van der Waals surface area contributed by atoms with Gasteiger partial charge in [-0.05, 0) is 20.3 Å². The smallest absolute Gasteiger partial charge is 0.130 e. The number of allylic oxidation sites excluding steroid dienone is 2. The minimum Gasteiger partial charge on any atom is -0.509 e. The summed E-state index contributed by atoms with van der Waals surface area (Å²) in [5.74, 6) is 0.889. The van der Waals surface area contributed by atoms with E-state index < -0.39 is 0 Å². The summed E-state index contributed by atoms with van der Waals surface area (Å²) in [5, 5.41) is 8.80. The molecular formula is C7H14O2. The van der Waals surface area contributed by atoms with Crippen molar-refractivity contribution in [2.45, 2.75) is 27.2 Å². The molecule has 54 valence electrons. The van der Waals surface area contributed by atoms with Gasteiger partial charge in [-0.2, -0.15) is 0 Å². The van der Waals surface area contributed by atoms with Crippen molar-refractivity contribution in [2.24, 2.45) is 0 Å². The van der Waals surface area contributed by atoms with Crippen LogP contribution >= 0.6 is 0 Å². The first-order chi connectivity index (χ1) is 4.18. The zero-order valence-corrected chi connectivity index (χ0v) is 6.27. The van der Waals surface area contributed by atoms with Gasteiger partial charge in [0.2, 0.25) is 0 Å². The minimum absolute atomic E-state index is 0.267. The van der Waals surface area contributed by atoms with E-state index in [0.29, 0.717) is 12.4 Å². The standard InChI is InChI=1S/C7H14O2/c1-4-5-9-7(3)6(2)8/h8H,4-5H2,1-3H3. The predicted octanol–water partition coefficient (Wildman–Crippen LogP) is 2.22. The van der Waals surface area contributed by atoms with Gasteiger partial charge in [0.25, 0.3) is 0 Å². The third-order valence-electron chi connectivity index (χ3n) is 1.03. The molecule has 0 atom stereocenters. The Hall–Kier alpha value is -0.660. The average molecular weight is 130 g/mol. The molecule has 9 heavy (non-hydrogen) atoms. The summed E-state index contributed by atoms with van der Waals surface area (Å²) < 4.78 is 5.08. The molecule has 0 heterocycles. The fourth-order valence-corrected chi connectivity index (χ4v) is 0.360. The monoisotopic (exact) mass is 130 g/mol. The molecule has 0 radical (unpaired) electrons. The van der Waals surface area contributed by atoms with Crippen LogP contribution in [0, 0.1) is 0 Å². The lowest BCUT2D eigenvalue weighted by Gasteiger charge is -2.03. The Morgan fingerprint density at radius 2 is 2.00 bits per heavy atom. The van der Waals surface area contributed by atoms with Gasteiger partial charge in [0.05, 0.1) is 6.61 Å². The normalized spacial score (nSPS) is 12.8. The quantitative estimate of drug-likeness (QED) is 0.593. The SMILES string of the molecule is CCCOC(C)=C(C)O. The molecule has 0 aromatic heterocycles. The van der Waals surface area contributed by atoms with Crippen LogP contribution in [0.2, 0.25) is 0 Å². The predicted molar refractivity (Wildman–Crippen MR) is 37.2 cm³/mol. The van der Waals surface area contributed by atoms with Crippen molar-refractivity contribution in [3.63, 3.8) is 0 Å². The molecule has 0 aromatic rings. The molecule has 2 nitrogen and oxygen atoms in total. The van der Waals surface area contributed by atoms with Crippen molar-refractivity contribution < 1.29 is 9.84 Å². The first-order valence-corrected chi connectivity index (χ1v) is 3.17. The molecule has 0 unspecified atom stereocenters. The van der Waals surface area contributed by atoms with E-state index in [4.69, 9.17) is 9.84 Å². The number of hydrogen-bond acceptors (Lipinski definition) is 2. The maximum Gasteiger partial charge on any atom is 0.130 e. The molecule has 0 aliphatic rings. The summed E-state index contributed by atoms with van der Waals surface area (Å²) in [6, 6.07) is 0. The topological polar surface area (TPSA) is 29.5 Å². The van der Waals surface area contributed by atoms with Crippen molar-refractivity contribution in [3.8, 4) is 0 Å². The Kier molecular flexibility index (Phi) is 3.93. The van der Waals surface area contributed by atoms with Crippen LogP contribution in [0.1, 0.15) is 27.2 Å². The van der Waals surface area contributed by atoms with Crippen LogP contribution in [0.3, 0.4) is 0 Å². The molecular weight excluding hydrogens is 116 g/mol. The second kappa shape index (κ2) is 4.24. The van der Waals surface area contributed by atoms with Crippen LogP contribution in [0.4, 0.5) is 0 Å².